The molecule has 0 spiro atoms. The van der Waals surface area contributed by atoms with Crippen LogP contribution in [0, 0.1) is 6.92 Å². The number of aromatic nitrogens is 4. The van der Waals surface area contributed by atoms with E-state index in [1.165, 1.54) is 0 Å². The summed E-state index contributed by atoms with van der Waals surface area (Å²) in [7, 11) is 0. The molecule has 78 valence electrons. The van der Waals surface area contributed by atoms with E-state index < -0.39 is 0 Å². The van der Waals surface area contributed by atoms with Crippen molar-refractivity contribution in [2.75, 3.05) is 0 Å². The first-order valence-corrected chi connectivity index (χ1v) is 5.52. The SMILES string of the molecule is CCn1ccnc1-c1cc(Br)nc(C)n1. The highest BCUT2D eigenvalue weighted by Gasteiger charge is 2.08. The van der Waals surface area contributed by atoms with Crippen LogP contribution < -0.4 is 0 Å². The third-order valence-electron chi connectivity index (χ3n) is 2.09. The Balaban J connectivity index is 2.53. The number of nitrogens with zero attached hydrogens (tertiary/aromatic N) is 4. The lowest BCUT2D eigenvalue weighted by Crippen LogP contribution is -2.00. The maximum atomic E-state index is 4.36. The number of rotatable bonds is 2. The molecule has 0 aliphatic rings. The molecule has 0 aliphatic heterocycles. The van der Waals surface area contributed by atoms with Gasteiger partial charge in [-0.15, -0.1) is 0 Å². The van der Waals surface area contributed by atoms with Crippen molar-refractivity contribution in [1.82, 2.24) is 19.5 Å². The molecule has 0 amide bonds. The topological polar surface area (TPSA) is 43.6 Å². The quantitative estimate of drug-likeness (QED) is 0.785. The fourth-order valence-corrected chi connectivity index (χ4v) is 1.92. The maximum absolute atomic E-state index is 4.36. The highest BCUT2D eigenvalue weighted by Crippen LogP contribution is 2.18. The predicted molar refractivity (Wildman–Crippen MR) is 61.4 cm³/mol. The van der Waals surface area contributed by atoms with Gasteiger partial charge < -0.3 is 4.57 Å². The van der Waals surface area contributed by atoms with Gasteiger partial charge in [-0.2, -0.15) is 0 Å². The van der Waals surface area contributed by atoms with Crippen LogP contribution >= 0.6 is 15.9 Å². The van der Waals surface area contributed by atoms with Crippen molar-refractivity contribution in [3.63, 3.8) is 0 Å². The molecule has 2 aromatic heterocycles. The number of hydrogen-bond donors (Lipinski definition) is 0. The summed E-state index contributed by atoms with van der Waals surface area (Å²) in [5.74, 6) is 1.62. The summed E-state index contributed by atoms with van der Waals surface area (Å²) in [5.41, 5.74) is 0.848. The molecule has 0 bridgehead atoms. The van der Waals surface area contributed by atoms with E-state index in [0.29, 0.717) is 0 Å². The number of halogens is 1. The van der Waals surface area contributed by atoms with Crippen LogP contribution in [-0.4, -0.2) is 19.5 Å². The zero-order chi connectivity index (χ0) is 10.8. The molecule has 0 N–H and O–H groups in total. The highest BCUT2D eigenvalue weighted by atomic mass is 79.9. The summed E-state index contributed by atoms with van der Waals surface area (Å²) in [6, 6.07) is 1.88. The zero-order valence-corrected chi connectivity index (χ0v) is 10.2. The van der Waals surface area contributed by atoms with Crippen LogP contribution in [0.3, 0.4) is 0 Å². The molecular formula is C10H11BrN4. The average molecular weight is 267 g/mol. The number of hydrogen-bond acceptors (Lipinski definition) is 3. The van der Waals surface area contributed by atoms with E-state index in [4.69, 9.17) is 0 Å². The van der Waals surface area contributed by atoms with Crippen LogP contribution in [0.25, 0.3) is 11.5 Å². The fourth-order valence-electron chi connectivity index (χ4n) is 1.44. The molecule has 5 heteroatoms. The van der Waals surface area contributed by atoms with Crippen LogP contribution in [0.1, 0.15) is 12.7 Å². The molecule has 15 heavy (non-hydrogen) atoms. The fraction of sp³-hybridized carbons (Fsp3) is 0.300. The smallest absolute Gasteiger partial charge is 0.158 e. The van der Waals surface area contributed by atoms with Gasteiger partial charge in [-0.25, -0.2) is 15.0 Å². The average Bonchev–Trinajstić information content (AvgIpc) is 2.63. The molecule has 2 aromatic rings. The van der Waals surface area contributed by atoms with Crippen LogP contribution in [0.5, 0.6) is 0 Å². The van der Waals surface area contributed by atoms with E-state index in [2.05, 4.69) is 37.8 Å². The van der Waals surface area contributed by atoms with Crippen LogP contribution in [0.15, 0.2) is 23.1 Å². The van der Waals surface area contributed by atoms with Gasteiger partial charge in [0.2, 0.25) is 0 Å². The lowest BCUT2D eigenvalue weighted by Gasteiger charge is -2.04. The summed E-state index contributed by atoms with van der Waals surface area (Å²) >= 11 is 3.36. The Kier molecular flexibility index (Phi) is 2.81. The first-order chi connectivity index (χ1) is 7.20. The van der Waals surface area contributed by atoms with E-state index in [0.717, 1.165) is 28.5 Å². The largest absolute Gasteiger partial charge is 0.330 e. The molecule has 0 radical (unpaired) electrons. The molecule has 2 rings (SSSR count). The molecule has 4 nitrogen and oxygen atoms in total. The third kappa shape index (κ3) is 2.07. The van der Waals surface area contributed by atoms with E-state index in [1.54, 1.807) is 6.20 Å². The van der Waals surface area contributed by atoms with Gasteiger partial charge in [0.05, 0.1) is 0 Å². The Morgan fingerprint density at radius 3 is 2.87 bits per heavy atom. The van der Waals surface area contributed by atoms with E-state index in [-0.39, 0.29) is 0 Å². The van der Waals surface area contributed by atoms with Gasteiger partial charge in [-0.1, -0.05) is 0 Å². The van der Waals surface area contributed by atoms with Crippen molar-refractivity contribution < 1.29 is 0 Å². The summed E-state index contributed by atoms with van der Waals surface area (Å²) in [4.78, 5) is 12.8. The lowest BCUT2D eigenvalue weighted by atomic mass is 10.3. The summed E-state index contributed by atoms with van der Waals surface area (Å²) < 4.78 is 2.84. The molecule has 0 aromatic carbocycles. The Hall–Kier alpha value is -1.23. The first kappa shape index (κ1) is 10.3. The minimum absolute atomic E-state index is 0.741. The predicted octanol–water partition coefficient (Wildman–Crippen LogP) is 2.43. The van der Waals surface area contributed by atoms with Crippen molar-refractivity contribution in [3.05, 3.63) is 28.9 Å². The molecule has 2 heterocycles. The second kappa shape index (κ2) is 4.10. The second-order valence-electron chi connectivity index (χ2n) is 3.16. The minimum atomic E-state index is 0.741. The highest BCUT2D eigenvalue weighted by molar-refractivity contribution is 9.10. The van der Waals surface area contributed by atoms with Crippen LogP contribution in [0.2, 0.25) is 0 Å². The Bertz CT molecular complexity index is 458. The van der Waals surface area contributed by atoms with Gasteiger partial charge in [-0.05, 0) is 29.8 Å². The summed E-state index contributed by atoms with van der Waals surface area (Å²) in [6.07, 6.45) is 3.73. The van der Waals surface area contributed by atoms with Crippen molar-refractivity contribution in [1.29, 1.82) is 0 Å². The molecule has 0 aliphatic carbocycles. The van der Waals surface area contributed by atoms with Gasteiger partial charge in [0.25, 0.3) is 0 Å². The summed E-state index contributed by atoms with van der Waals surface area (Å²) in [6.45, 7) is 4.83. The van der Waals surface area contributed by atoms with Gasteiger partial charge in [0.15, 0.2) is 5.82 Å². The van der Waals surface area contributed by atoms with Gasteiger partial charge in [0, 0.05) is 25.0 Å². The van der Waals surface area contributed by atoms with E-state index in [9.17, 15) is 0 Å². The van der Waals surface area contributed by atoms with E-state index >= 15 is 0 Å². The van der Waals surface area contributed by atoms with Crippen molar-refractivity contribution in [2.24, 2.45) is 0 Å². The monoisotopic (exact) mass is 266 g/mol. The number of imidazole rings is 1. The van der Waals surface area contributed by atoms with Gasteiger partial charge in [-0.3, -0.25) is 0 Å². The normalized spacial score (nSPS) is 10.6. The zero-order valence-electron chi connectivity index (χ0n) is 8.61. The van der Waals surface area contributed by atoms with Crippen LogP contribution in [0.4, 0.5) is 0 Å². The Labute approximate surface area is 96.5 Å². The molecule has 0 atom stereocenters. The van der Waals surface area contributed by atoms with Gasteiger partial charge in [0.1, 0.15) is 16.1 Å². The van der Waals surface area contributed by atoms with Crippen LogP contribution in [-0.2, 0) is 6.54 Å². The van der Waals surface area contributed by atoms with Crippen molar-refractivity contribution in [3.8, 4) is 11.5 Å². The van der Waals surface area contributed by atoms with Crippen molar-refractivity contribution in [2.45, 2.75) is 20.4 Å². The number of aryl methyl sites for hydroxylation is 2. The Morgan fingerprint density at radius 2 is 2.20 bits per heavy atom. The first-order valence-electron chi connectivity index (χ1n) is 4.73. The molecule has 0 unspecified atom stereocenters. The summed E-state index contributed by atoms with van der Waals surface area (Å²) in [5, 5.41) is 0. The van der Waals surface area contributed by atoms with Gasteiger partial charge >= 0.3 is 0 Å². The third-order valence-corrected chi connectivity index (χ3v) is 2.50. The molecule has 0 saturated heterocycles. The lowest BCUT2D eigenvalue weighted by molar-refractivity contribution is 0.766. The molecule has 0 fully saturated rings. The minimum Gasteiger partial charge on any atom is -0.330 e. The second-order valence-corrected chi connectivity index (χ2v) is 3.97. The standard InChI is InChI=1S/C10H11BrN4/c1-3-15-5-4-12-10(15)8-6-9(11)14-7(2)13-8/h4-6H,3H2,1-2H3. The van der Waals surface area contributed by atoms with Crippen molar-refractivity contribution >= 4 is 15.9 Å². The van der Waals surface area contributed by atoms with E-state index in [1.807, 2.05) is 23.8 Å². The maximum Gasteiger partial charge on any atom is 0.158 e. The molecule has 0 saturated carbocycles. The molecular weight excluding hydrogens is 256 g/mol. The Morgan fingerprint density at radius 1 is 1.40 bits per heavy atom.